The monoisotopic (exact) mass is 349 g/mol. The number of carboxylic acid groups (broad SMARTS) is 1. The number of aromatic nitrogens is 3. The number of fused-ring (bicyclic) bond motifs is 1. The number of nitrogens with one attached hydrogen (secondary N) is 1. The Morgan fingerprint density at radius 1 is 1.36 bits per heavy atom. The summed E-state index contributed by atoms with van der Waals surface area (Å²) >= 11 is 0. The van der Waals surface area contributed by atoms with Crippen LogP contribution >= 0.6 is 0 Å². The minimum atomic E-state index is -1.61. The van der Waals surface area contributed by atoms with Crippen LogP contribution in [0.5, 0.6) is 0 Å². The number of aromatic amines is 1. The zero-order valence-electron chi connectivity index (χ0n) is 13.3. The van der Waals surface area contributed by atoms with E-state index in [2.05, 4.69) is 14.8 Å². The molecule has 130 valence electrons. The molecule has 0 aliphatic rings. The van der Waals surface area contributed by atoms with Crippen molar-refractivity contribution in [1.82, 2.24) is 14.8 Å². The van der Waals surface area contributed by atoms with Gasteiger partial charge in [0.2, 0.25) is 0 Å². The van der Waals surface area contributed by atoms with Crippen molar-refractivity contribution in [2.45, 2.75) is 13.5 Å². The lowest BCUT2D eigenvalue weighted by molar-refractivity contribution is 0.0852. The molecule has 2 N–H and O–H groups in total. The molecule has 0 radical (unpaired) electrons. The molecule has 9 heteroatoms. The van der Waals surface area contributed by atoms with Crippen molar-refractivity contribution in [3.63, 3.8) is 0 Å². The zero-order chi connectivity index (χ0) is 18.3. The van der Waals surface area contributed by atoms with Gasteiger partial charge in [-0.15, -0.1) is 0 Å². The molecule has 2 aromatic heterocycles. The third kappa shape index (κ3) is 2.73. The summed E-state index contributed by atoms with van der Waals surface area (Å²) in [6.45, 7) is 0.945. The summed E-state index contributed by atoms with van der Waals surface area (Å²) in [6, 6.07) is 3.26. The highest BCUT2D eigenvalue weighted by molar-refractivity contribution is 5.83. The fraction of sp³-hybridized carbons (Fsp3) is 0.188. The normalized spacial score (nSPS) is 11.0. The Hall–Kier alpha value is -3.23. The van der Waals surface area contributed by atoms with Crippen LogP contribution in [-0.2, 0) is 18.4 Å². The van der Waals surface area contributed by atoms with Gasteiger partial charge in [-0.25, -0.2) is 13.6 Å². The molecule has 0 bridgehead atoms. The van der Waals surface area contributed by atoms with Crippen LogP contribution in [-0.4, -0.2) is 26.0 Å². The molecule has 0 fully saturated rings. The van der Waals surface area contributed by atoms with Gasteiger partial charge in [0, 0.05) is 7.05 Å². The molecule has 0 aliphatic carbocycles. The van der Waals surface area contributed by atoms with Crippen LogP contribution in [0.1, 0.15) is 11.3 Å². The third-order valence-electron chi connectivity index (χ3n) is 3.82. The molecule has 3 aromatic rings. The van der Waals surface area contributed by atoms with E-state index in [1.165, 1.54) is 10.7 Å². The fourth-order valence-corrected chi connectivity index (χ4v) is 2.75. The second-order valence-electron chi connectivity index (χ2n) is 5.39. The Morgan fingerprint density at radius 3 is 2.60 bits per heavy atom. The summed E-state index contributed by atoms with van der Waals surface area (Å²) in [7, 11) is 1.57. The molecule has 0 amide bonds. The van der Waals surface area contributed by atoms with Gasteiger partial charge in [0.25, 0.3) is 0 Å². The SMILES string of the molecule is Cc1nn(C)c2[nH]c(-c3c(F)cccc3F)c(COC(=O)O)c(=O)c12. The van der Waals surface area contributed by atoms with Crippen LogP contribution < -0.4 is 5.43 Å². The van der Waals surface area contributed by atoms with E-state index < -0.39 is 35.4 Å². The van der Waals surface area contributed by atoms with E-state index in [4.69, 9.17) is 5.11 Å². The van der Waals surface area contributed by atoms with E-state index >= 15 is 0 Å². The standard InChI is InChI=1S/C16H13F2N3O4/c1-7-11-14(22)8(6-25-16(23)24)13(19-15(11)21(2)20-7)12-9(17)4-3-5-10(12)18/h3-5H,6H2,1-2H3,(H,19,22)(H,23,24). The van der Waals surface area contributed by atoms with Gasteiger partial charge < -0.3 is 14.8 Å². The molecular formula is C16H13F2N3O4. The van der Waals surface area contributed by atoms with Gasteiger partial charge in [0.15, 0.2) is 5.43 Å². The number of nitrogens with zero attached hydrogens (tertiary/aromatic N) is 2. The number of ether oxygens (including phenoxy) is 1. The summed E-state index contributed by atoms with van der Waals surface area (Å²) in [5.41, 5.74) is -0.787. The Kier molecular flexibility index (Phi) is 3.99. The Morgan fingerprint density at radius 2 is 2.00 bits per heavy atom. The van der Waals surface area contributed by atoms with Gasteiger partial charge in [-0.05, 0) is 19.1 Å². The number of aryl methyl sites for hydroxylation is 2. The average molecular weight is 349 g/mol. The molecular weight excluding hydrogens is 336 g/mol. The molecule has 7 nitrogen and oxygen atoms in total. The number of rotatable bonds is 3. The van der Waals surface area contributed by atoms with Crippen LogP contribution in [0.3, 0.4) is 0 Å². The first-order valence-corrected chi connectivity index (χ1v) is 7.19. The summed E-state index contributed by atoms with van der Waals surface area (Å²) in [5.74, 6) is -1.80. The second-order valence-corrected chi connectivity index (χ2v) is 5.39. The molecule has 0 saturated carbocycles. The minimum Gasteiger partial charge on any atom is -0.450 e. The van der Waals surface area contributed by atoms with E-state index in [0.717, 1.165) is 12.1 Å². The maximum atomic E-state index is 14.2. The highest BCUT2D eigenvalue weighted by Gasteiger charge is 2.23. The second kappa shape index (κ2) is 6.00. The smallest absolute Gasteiger partial charge is 0.450 e. The van der Waals surface area contributed by atoms with Gasteiger partial charge in [0.1, 0.15) is 23.9 Å². The third-order valence-corrected chi connectivity index (χ3v) is 3.82. The number of hydrogen-bond donors (Lipinski definition) is 2. The molecule has 0 saturated heterocycles. The van der Waals surface area contributed by atoms with Crippen molar-refractivity contribution in [2.75, 3.05) is 0 Å². The van der Waals surface area contributed by atoms with Crippen LogP contribution in [0.2, 0.25) is 0 Å². The number of H-pyrrole nitrogens is 1. The van der Waals surface area contributed by atoms with Crippen molar-refractivity contribution in [3.8, 4) is 11.3 Å². The number of halogens is 2. The van der Waals surface area contributed by atoms with Gasteiger partial charge in [0.05, 0.1) is 27.9 Å². The highest BCUT2D eigenvalue weighted by Crippen LogP contribution is 2.28. The van der Waals surface area contributed by atoms with Crippen LogP contribution in [0.15, 0.2) is 23.0 Å². The first-order valence-electron chi connectivity index (χ1n) is 7.19. The van der Waals surface area contributed by atoms with Gasteiger partial charge in [-0.2, -0.15) is 5.10 Å². The number of pyridine rings is 1. The largest absolute Gasteiger partial charge is 0.506 e. The first-order chi connectivity index (χ1) is 11.8. The van der Waals surface area contributed by atoms with E-state index in [-0.39, 0.29) is 22.3 Å². The molecule has 0 atom stereocenters. The molecule has 1 aromatic carbocycles. The maximum Gasteiger partial charge on any atom is 0.506 e. The number of carbonyl (C=O) groups is 1. The average Bonchev–Trinajstić information content (AvgIpc) is 2.81. The van der Waals surface area contributed by atoms with Crippen molar-refractivity contribution in [1.29, 1.82) is 0 Å². The van der Waals surface area contributed by atoms with Gasteiger partial charge >= 0.3 is 6.16 Å². The predicted octanol–water partition coefficient (Wildman–Crippen LogP) is 2.71. The van der Waals surface area contributed by atoms with Crippen LogP contribution in [0.25, 0.3) is 22.3 Å². The maximum absolute atomic E-state index is 14.2. The van der Waals surface area contributed by atoms with Crippen molar-refractivity contribution >= 4 is 17.2 Å². The fourth-order valence-electron chi connectivity index (χ4n) is 2.75. The minimum absolute atomic E-state index is 0.183. The summed E-state index contributed by atoms with van der Waals surface area (Å²) in [5, 5.41) is 13.0. The predicted molar refractivity (Wildman–Crippen MR) is 84.2 cm³/mol. The molecule has 0 aliphatic heterocycles. The van der Waals surface area contributed by atoms with E-state index in [1.807, 2.05) is 0 Å². The summed E-state index contributed by atoms with van der Waals surface area (Å²) in [6.07, 6.45) is -1.61. The Bertz CT molecular complexity index is 1040. The molecule has 3 rings (SSSR count). The van der Waals surface area contributed by atoms with E-state index in [9.17, 15) is 18.4 Å². The molecule has 2 heterocycles. The Balaban J connectivity index is 2.40. The van der Waals surface area contributed by atoms with E-state index in [0.29, 0.717) is 5.69 Å². The summed E-state index contributed by atoms with van der Waals surface area (Å²) < 4.78 is 34.3. The van der Waals surface area contributed by atoms with Crippen molar-refractivity contribution in [2.24, 2.45) is 7.05 Å². The van der Waals surface area contributed by atoms with Crippen molar-refractivity contribution < 1.29 is 23.4 Å². The lowest BCUT2D eigenvalue weighted by atomic mass is 10.0. The van der Waals surface area contributed by atoms with Crippen LogP contribution in [0, 0.1) is 18.6 Å². The quantitative estimate of drug-likeness (QED) is 0.709. The van der Waals surface area contributed by atoms with Crippen molar-refractivity contribution in [3.05, 3.63) is 51.3 Å². The summed E-state index contributed by atoms with van der Waals surface area (Å²) in [4.78, 5) is 26.3. The molecule has 25 heavy (non-hydrogen) atoms. The van der Waals surface area contributed by atoms with Gasteiger partial charge in [-0.3, -0.25) is 9.48 Å². The lowest BCUT2D eigenvalue weighted by Crippen LogP contribution is -2.17. The Labute approximate surface area is 139 Å². The molecule has 0 unspecified atom stereocenters. The first kappa shape index (κ1) is 16.6. The van der Waals surface area contributed by atoms with Crippen LogP contribution in [0.4, 0.5) is 13.6 Å². The number of benzene rings is 1. The topological polar surface area (TPSA) is 97.2 Å². The zero-order valence-corrected chi connectivity index (χ0v) is 13.3. The van der Waals surface area contributed by atoms with Gasteiger partial charge in [-0.1, -0.05) is 6.07 Å². The highest BCUT2D eigenvalue weighted by atomic mass is 19.1. The molecule has 0 spiro atoms. The lowest BCUT2D eigenvalue weighted by Gasteiger charge is -2.12. The van der Waals surface area contributed by atoms with E-state index in [1.54, 1.807) is 14.0 Å². The number of hydrogen-bond acceptors (Lipinski definition) is 4.